The molecule has 0 amide bonds. The molecule has 0 aromatic heterocycles. The van der Waals surface area contributed by atoms with Crippen molar-refractivity contribution in [3.8, 4) is 0 Å². The van der Waals surface area contributed by atoms with Gasteiger partial charge in [-0.05, 0) is 24.8 Å². The van der Waals surface area contributed by atoms with Gasteiger partial charge in [0.2, 0.25) is 0 Å². The monoisotopic (exact) mass is 224 g/mol. The fourth-order valence-corrected chi connectivity index (χ4v) is 2.09. The average Bonchev–Trinajstić information content (AvgIpc) is 2.25. The average molecular weight is 224 g/mol. The largest absolute Gasteiger partial charge is 0.271 e. The molecule has 0 bridgehead atoms. The second-order valence-corrected chi connectivity index (χ2v) is 4.39. The molecule has 0 saturated carbocycles. The number of hydrazine groups is 1. The van der Waals surface area contributed by atoms with Crippen LogP contribution in [0.2, 0.25) is 0 Å². The number of benzene rings is 1. The van der Waals surface area contributed by atoms with Crippen LogP contribution in [0.25, 0.3) is 0 Å². The first kappa shape index (κ1) is 13.1. The summed E-state index contributed by atoms with van der Waals surface area (Å²) in [6.07, 6.45) is 2.11. The summed E-state index contributed by atoms with van der Waals surface area (Å²) in [6.45, 7) is 5.99. The van der Waals surface area contributed by atoms with Crippen LogP contribution in [0.5, 0.6) is 0 Å². The first-order valence-electron chi connectivity index (χ1n) is 5.83. The highest BCUT2D eigenvalue weighted by molar-refractivity contribution is 5.27. The highest BCUT2D eigenvalue weighted by Gasteiger charge is 2.20. The Morgan fingerprint density at radius 2 is 2.12 bits per heavy atom. The Morgan fingerprint density at radius 1 is 1.44 bits per heavy atom. The molecule has 0 aliphatic heterocycles. The number of aryl methyl sites for hydroxylation is 1. The first-order chi connectivity index (χ1) is 7.61. The molecule has 3 heteroatoms. The van der Waals surface area contributed by atoms with E-state index in [-0.39, 0.29) is 11.9 Å². The van der Waals surface area contributed by atoms with Crippen molar-refractivity contribution >= 4 is 0 Å². The van der Waals surface area contributed by atoms with Crippen LogP contribution in [0.1, 0.15) is 43.9 Å². The lowest BCUT2D eigenvalue weighted by Gasteiger charge is -2.24. The van der Waals surface area contributed by atoms with Gasteiger partial charge in [0, 0.05) is 5.56 Å². The predicted molar refractivity (Wildman–Crippen MR) is 65.3 cm³/mol. The zero-order valence-electron chi connectivity index (χ0n) is 10.3. The van der Waals surface area contributed by atoms with E-state index in [9.17, 15) is 4.39 Å². The SMILES string of the molecule is CCCC(C)C(NN)c1cccc(C)c1F. The van der Waals surface area contributed by atoms with Crippen molar-refractivity contribution in [3.63, 3.8) is 0 Å². The molecule has 3 N–H and O–H groups in total. The van der Waals surface area contributed by atoms with Gasteiger partial charge < -0.3 is 0 Å². The fraction of sp³-hybridized carbons (Fsp3) is 0.538. The molecule has 1 aromatic carbocycles. The maximum atomic E-state index is 13.9. The summed E-state index contributed by atoms with van der Waals surface area (Å²) < 4.78 is 13.9. The Labute approximate surface area is 97.0 Å². The van der Waals surface area contributed by atoms with Gasteiger partial charge in [0.25, 0.3) is 0 Å². The molecule has 2 atom stereocenters. The fourth-order valence-electron chi connectivity index (χ4n) is 2.09. The molecule has 90 valence electrons. The number of nitrogens with two attached hydrogens (primary N) is 1. The molecule has 0 fully saturated rings. The zero-order valence-corrected chi connectivity index (χ0v) is 10.3. The molecule has 16 heavy (non-hydrogen) atoms. The van der Waals surface area contributed by atoms with Crippen LogP contribution in [-0.2, 0) is 0 Å². The van der Waals surface area contributed by atoms with Crippen molar-refractivity contribution in [3.05, 3.63) is 35.1 Å². The predicted octanol–water partition coefficient (Wildman–Crippen LogP) is 3.07. The summed E-state index contributed by atoms with van der Waals surface area (Å²) in [4.78, 5) is 0. The van der Waals surface area contributed by atoms with E-state index in [2.05, 4.69) is 19.3 Å². The third-order valence-corrected chi connectivity index (χ3v) is 3.05. The van der Waals surface area contributed by atoms with Crippen molar-refractivity contribution < 1.29 is 4.39 Å². The summed E-state index contributed by atoms with van der Waals surface area (Å²) >= 11 is 0. The molecule has 1 aromatic rings. The lowest BCUT2D eigenvalue weighted by molar-refractivity contribution is 0.357. The Balaban J connectivity index is 2.99. The molecule has 0 spiro atoms. The zero-order chi connectivity index (χ0) is 12.1. The van der Waals surface area contributed by atoms with Gasteiger partial charge in [0.15, 0.2) is 0 Å². The summed E-state index contributed by atoms with van der Waals surface area (Å²) in [5, 5.41) is 0. The topological polar surface area (TPSA) is 38.0 Å². The molecule has 2 nitrogen and oxygen atoms in total. The van der Waals surface area contributed by atoms with Crippen molar-refractivity contribution in [2.45, 2.75) is 39.7 Å². The molecule has 0 radical (unpaired) electrons. The Bertz CT molecular complexity index is 339. The van der Waals surface area contributed by atoms with E-state index in [1.54, 1.807) is 19.1 Å². The number of hydrogen-bond acceptors (Lipinski definition) is 2. The quantitative estimate of drug-likeness (QED) is 0.596. The molecular weight excluding hydrogens is 203 g/mol. The van der Waals surface area contributed by atoms with E-state index in [0.717, 1.165) is 12.8 Å². The van der Waals surface area contributed by atoms with Crippen LogP contribution in [0.4, 0.5) is 4.39 Å². The molecule has 0 aliphatic carbocycles. The van der Waals surface area contributed by atoms with Crippen molar-refractivity contribution in [1.82, 2.24) is 5.43 Å². The minimum absolute atomic E-state index is 0.111. The van der Waals surface area contributed by atoms with E-state index >= 15 is 0 Å². The van der Waals surface area contributed by atoms with Gasteiger partial charge >= 0.3 is 0 Å². The minimum atomic E-state index is -0.145. The highest BCUT2D eigenvalue weighted by Crippen LogP contribution is 2.27. The second kappa shape index (κ2) is 5.97. The molecule has 0 aliphatic rings. The van der Waals surface area contributed by atoms with Crippen LogP contribution < -0.4 is 11.3 Å². The van der Waals surface area contributed by atoms with E-state index in [0.29, 0.717) is 17.0 Å². The van der Waals surface area contributed by atoms with Gasteiger partial charge in [0.05, 0.1) is 6.04 Å². The van der Waals surface area contributed by atoms with Gasteiger partial charge in [-0.25, -0.2) is 4.39 Å². The first-order valence-corrected chi connectivity index (χ1v) is 5.83. The van der Waals surface area contributed by atoms with Crippen LogP contribution in [0.3, 0.4) is 0 Å². The van der Waals surface area contributed by atoms with Crippen molar-refractivity contribution in [2.75, 3.05) is 0 Å². The second-order valence-electron chi connectivity index (χ2n) is 4.39. The lowest BCUT2D eigenvalue weighted by Crippen LogP contribution is -2.33. The normalized spacial score (nSPS) is 14.8. The minimum Gasteiger partial charge on any atom is -0.271 e. The van der Waals surface area contributed by atoms with Gasteiger partial charge in [-0.3, -0.25) is 11.3 Å². The van der Waals surface area contributed by atoms with Crippen molar-refractivity contribution in [1.29, 1.82) is 0 Å². The maximum Gasteiger partial charge on any atom is 0.130 e. The molecule has 0 saturated heterocycles. The summed E-state index contributed by atoms with van der Waals surface area (Å²) in [7, 11) is 0. The number of halogens is 1. The third-order valence-electron chi connectivity index (χ3n) is 3.05. The summed E-state index contributed by atoms with van der Waals surface area (Å²) in [6, 6.07) is 5.34. The van der Waals surface area contributed by atoms with E-state index < -0.39 is 0 Å². The number of rotatable bonds is 5. The van der Waals surface area contributed by atoms with E-state index in [4.69, 9.17) is 5.84 Å². The molecule has 0 heterocycles. The smallest absolute Gasteiger partial charge is 0.130 e. The van der Waals surface area contributed by atoms with E-state index in [1.807, 2.05) is 6.07 Å². The van der Waals surface area contributed by atoms with E-state index in [1.165, 1.54) is 0 Å². The van der Waals surface area contributed by atoms with Crippen LogP contribution in [0.15, 0.2) is 18.2 Å². The van der Waals surface area contributed by atoms with Crippen LogP contribution in [-0.4, -0.2) is 0 Å². The molecular formula is C13H21FN2. The van der Waals surface area contributed by atoms with Gasteiger partial charge in [0.1, 0.15) is 5.82 Å². The molecule has 1 rings (SSSR count). The van der Waals surface area contributed by atoms with Crippen molar-refractivity contribution in [2.24, 2.45) is 11.8 Å². The Morgan fingerprint density at radius 3 is 2.69 bits per heavy atom. The van der Waals surface area contributed by atoms with Gasteiger partial charge in [-0.15, -0.1) is 0 Å². The Hall–Kier alpha value is -0.930. The standard InChI is InChI=1S/C13H21FN2/c1-4-6-10(3)13(16-15)11-8-5-7-9(2)12(11)14/h5,7-8,10,13,16H,4,6,15H2,1-3H3. The van der Waals surface area contributed by atoms with Gasteiger partial charge in [-0.2, -0.15) is 0 Å². The third kappa shape index (κ3) is 2.80. The maximum absolute atomic E-state index is 13.9. The van der Waals surface area contributed by atoms with Crippen LogP contribution in [0, 0.1) is 18.7 Å². The summed E-state index contributed by atoms with van der Waals surface area (Å²) in [5.74, 6) is 5.72. The highest BCUT2D eigenvalue weighted by atomic mass is 19.1. The summed E-state index contributed by atoms with van der Waals surface area (Å²) in [5.41, 5.74) is 4.07. The Kier molecular flexibility index (Phi) is 4.90. The number of nitrogens with one attached hydrogen (secondary N) is 1. The van der Waals surface area contributed by atoms with Gasteiger partial charge in [-0.1, -0.05) is 38.5 Å². The lowest BCUT2D eigenvalue weighted by atomic mass is 9.90. The number of hydrogen-bond donors (Lipinski definition) is 2. The van der Waals surface area contributed by atoms with Crippen LogP contribution >= 0.6 is 0 Å². The molecule has 2 unspecified atom stereocenters.